The van der Waals surface area contributed by atoms with Gasteiger partial charge < -0.3 is 20.5 Å². The number of nitrogens with one attached hydrogen (secondary N) is 1. The highest BCUT2D eigenvalue weighted by Gasteiger charge is 2.29. The molecule has 7 heteroatoms. The maximum absolute atomic E-state index is 12.2. The number of rotatable bonds is 7. The van der Waals surface area contributed by atoms with Crippen molar-refractivity contribution < 1.29 is 19.1 Å². The molecule has 0 spiro atoms. The highest BCUT2D eigenvalue weighted by atomic mass is 35.5. The van der Waals surface area contributed by atoms with Crippen LogP contribution < -0.4 is 11.1 Å². The molecule has 2 aromatic carbocycles. The zero-order valence-corrected chi connectivity index (χ0v) is 16.1. The van der Waals surface area contributed by atoms with E-state index < -0.39 is 18.1 Å². The van der Waals surface area contributed by atoms with E-state index in [1.807, 2.05) is 36.4 Å². The van der Waals surface area contributed by atoms with E-state index in [0.29, 0.717) is 0 Å². The van der Waals surface area contributed by atoms with Gasteiger partial charge in [0.15, 0.2) is 0 Å². The maximum Gasteiger partial charge on any atom is 0.407 e. The van der Waals surface area contributed by atoms with Gasteiger partial charge in [-0.2, -0.15) is 0 Å². The predicted molar refractivity (Wildman–Crippen MR) is 109 cm³/mol. The Morgan fingerprint density at radius 2 is 1.64 bits per heavy atom. The molecule has 1 atom stereocenters. The van der Waals surface area contributed by atoms with E-state index in [1.165, 1.54) is 6.08 Å². The number of carbonyl (C=O) groups excluding carboxylic acids is 2. The van der Waals surface area contributed by atoms with Gasteiger partial charge in [0.2, 0.25) is 0 Å². The number of carbonyl (C=O) groups is 2. The molecule has 0 aromatic heterocycles. The van der Waals surface area contributed by atoms with Crippen LogP contribution in [0.3, 0.4) is 0 Å². The molecule has 28 heavy (non-hydrogen) atoms. The number of halogens is 1. The molecule has 0 heterocycles. The smallest absolute Gasteiger partial charge is 0.407 e. The van der Waals surface area contributed by atoms with Crippen LogP contribution in [-0.2, 0) is 14.3 Å². The van der Waals surface area contributed by atoms with Crippen molar-refractivity contribution in [1.82, 2.24) is 5.32 Å². The number of hydrogen-bond donors (Lipinski definition) is 2. The van der Waals surface area contributed by atoms with Crippen molar-refractivity contribution in [3.8, 4) is 11.1 Å². The first kappa shape index (κ1) is 21.5. The van der Waals surface area contributed by atoms with Crippen LogP contribution in [0, 0.1) is 0 Å². The Morgan fingerprint density at radius 3 is 2.18 bits per heavy atom. The Labute approximate surface area is 170 Å². The third kappa shape index (κ3) is 4.52. The lowest BCUT2D eigenvalue weighted by atomic mass is 9.98. The lowest BCUT2D eigenvalue weighted by Crippen LogP contribution is -2.47. The fourth-order valence-electron chi connectivity index (χ4n) is 3.24. The molecule has 148 valence electrons. The normalized spacial score (nSPS) is 12.8. The summed E-state index contributed by atoms with van der Waals surface area (Å²) in [5.41, 5.74) is 10.1. The molecular formula is C21H23ClN2O4. The van der Waals surface area contributed by atoms with Crippen LogP contribution in [0.25, 0.3) is 11.1 Å². The van der Waals surface area contributed by atoms with Crippen LogP contribution >= 0.6 is 12.4 Å². The molecule has 2 aromatic rings. The van der Waals surface area contributed by atoms with Crippen molar-refractivity contribution >= 4 is 24.5 Å². The number of alkyl carbamates (subject to hydrolysis) is 1. The highest BCUT2D eigenvalue weighted by Crippen LogP contribution is 2.44. The number of fused-ring (bicyclic) bond motifs is 3. The summed E-state index contributed by atoms with van der Waals surface area (Å²) < 4.78 is 10.3. The molecule has 0 saturated carbocycles. The Hall–Kier alpha value is -2.83. The third-order valence-corrected chi connectivity index (χ3v) is 4.50. The number of benzene rings is 2. The van der Waals surface area contributed by atoms with Gasteiger partial charge in [0.05, 0.1) is 0 Å². The molecule has 6 nitrogen and oxygen atoms in total. The van der Waals surface area contributed by atoms with E-state index in [1.54, 1.807) is 0 Å². The van der Waals surface area contributed by atoms with Crippen molar-refractivity contribution in [1.29, 1.82) is 0 Å². The van der Waals surface area contributed by atoms with Gasteiger partial charge in [-0.1, -0.05) is 61.2 Å². The lowest BCUT2D eigenvalue weighted by molar-refractivity contribution is -0.144. The molecule has 0 unspecified atom stereocenters. The zero-order chi connectivity index (χ0) is 19.2. The van der Waals surface area contributed by atoms with Gasteiger partial charge in [-0.05, 0) is 22.3 Å². The van der Waals surface area contributed by atoms with Crippen LogP contribution in [0.1, 0.15) is 17.0 Å². The molecule has 0 bridgehead atoms. The van der Waals surface area contributed by atoms with E-state index in [-0.39, 0.29) is 38.1 Å². The molecule has 3 N–H and O–H groups in total. The van der Waals surface area contributed by atoms with Crippen LogP contribution in [0.15, 0.2) is 61.2 Å². The first-order chi connectivity index (χ1) is 13.2. The van der Waals surface area contributed by atoms with E-state index >= 15 is 0 Å². The summed E-state index contributed by atoms with van der Waals surface area (Å²) in [5, 5.41) is 2.45. The summed E-state index contributed by atoms with van der Waals surface area (Å²) in [7, 11) is 0. The Morgan fingerprint density at radius 1 is 1.07 bits per heavy atom. The fourth-order valence-corrected chi connectivity index (χ4v) is 3.24. The molecule has 1 aliphatic rings. The average Bonchev–Trinajstić information content (AvgIpc) is 3.02. The highest BCUT2D eigenvalue weighted by molar-refractivity contribution is 5.85. The third-order valence-electron chi connectivity index (χ3n) is 4.50. The van der Waals surface area contributed by atoms with Gasteiger partial charge >= 0.3 is 12.1 Å². The van der Waals surface area contributed by atoms with E-state index in [0.717, 1.165) is 22.3 Å². The summed E-state index contributed by atoms with van der Waals surface area (Å²) in [6.45, 7) is 3.61. The summed E-state index contributed by atoms with van der Waals surface area (Å²) in [4.78, 5) is 24.0. The first-order valence-corrected chi connectivity index (χ1v) is 8.74. The summed E-state index contributed by atoms with van der Waals surface area (Å²) in [5.74, 6) is -0.668. The van der Waals surface area contributed by atoms with Crippen LogP contribution in [-0.4, -0.2) is 37.9 Å². The second-order valence-corrected chi connectivity index (χ2v) is 6.18. The standard InChI is InChI=1S/C21H22N2O4.ClH/c1-2-11-26-20(24)19(12-22)23-21(25)27-13-18-16-9-5-3-7-14(16)15-8-4-6-10-17(15)18;/h2-10,18-19H,1,11-13,22H2,(H,23,25);1H/t19-;/m1./s1. The Kier molecular flexibility index (Phi) is 7.61. The minimum absolute atomic E-state index is 0. The second-order valence-electron chi connectivity index (χ2n) is 6.18. The lowest BCUT2D eigenvalue weighted by Gasteiger charge is -2.17. The topological polar surface area (TPSA) is 90.6 Å². The molecule has 0 radical (unpaired) electrons. The van der Waals surface area contributed by atoms with Crippen molar-refractivity contribution in [2.24, 2.45) is 5.73 Å². The first-order valence-electron chi connectivity index (χ1n) is 8.74. The molecule has 1 amide bonds. The number of esters is 1. The predicted octanol–water partition coefficient (Wildman–Crippen LogP) is 3.00. The van der Waals surface area contributed by atoms with Gasteiger partial charge in [-0.15, -0.1) is 12.4 Å². The molecule has 0 aliphatic heterocycles. The number of ether oxygens (including phenoxy) is 2. The molecule has 0 fully saturated rings. The van der Waals surface area contributed by atoms with Gasteiger partial charge in [-0.3, -0.25) is 0 Å². The Balaban J connectivity index is 0.00000280. The average molecular weight is 403 g/mol. The van der Waals surface area contributed by atoms with Crippen LogP contribution in [0.2, 0.25) is 0 Å². The summed E-state index contributed by atoms with van der Waals surface area (Å²) in [6.07, 6.45) is 0.738. The number of hydrogen-bond acceptors (Lipinski definition) is 5. The van der Waals surface area contributed by atoms with Gasteiger partial charge in [0.1, 0.15) is 19.3 Å². The monoisotopic (exact) mass is 402 g/mol. The van der Waals surface area contributed by atoms with E-state index in [2.05, 4.69) is 24.0 Å². The van der Waals surface area contributed by atoms with Crippen molar-refractivity contribution in [3.63, 3.8) is 0 Å². The quantitative estimate of drug-likeness (QED) is 0.548. The van der Waals surface area contributed by atoms with Crippen molar-refractivity contribution in [3.05, 3.63) is 72.3 Å². The molecular weight excluding hydrogens is 380 g/mol. The molecule has 3 rings (SSSR count). The SMILES string of the molecule is C=CCOC(=O)[C@@H](CN)NC(=O)OCC1c2ccccc2-c2ccccc21.Cl. The fraction of sp³-hybridized carbons (Fsp3) is 0.238. The minimum Gasteiger partial charge on any atom is -0.460 e. The molecule has 0 saturated heterocycles. The second kappa shape index (κ2) is 9.92. The van der Waals surface area contributed by atoms with Gasteiger partial charge in [0, 0.05) is 12.5 Å². The van der Waals surface area contributed by atoms with Gasteiger partial charge in [0.25, 0.3) is 0 Å². The summed E-state index contributed by atoms with van der Waals surface area (Å²) in [6, 6.07) is 15.2. The van der Waals surface area contributed by atoms with Crippen molar-refractivity contribution in [2.45, 2.75) is 12.0 Å². The van der Waals surface area contributed by atoms with Crippen LogP contribution in [0.5, 0.6) is 0 Å². The minimum atomic E-state index is -0.958. The van der Waals surface area contributed by atoms with E-state index in [9.17, 15) is 9.59 Å². The van der Waals surface area contributed by atoms with E-state index in [4.69, 9.17) is 15.2 Å². The Bertz CT molecular complexity index is 810. The number of amides is 1. The van der Waals surface area contributed by atoms with Crippen molar-refractivity contribution in [2.75, 3.05) is 19.8 Å². The molecule has 1 aliphatic carbocycles. The maximum atomic E-state index is 12.2. The van der Waals surface area contributed by atoms with Crippen LogP contribution in [0.4, 0.5) is 4.79 Å². The largest absolute Gasteiger partial charge is 0.460 e. The van der Waals surface area contributed by atoms with Gasteiger partial charge in [-0.25, -0.2) is 9.59 Å². The zero-order valence-electron chi connectivity index (χ0n) is 15.3. The summed E-state index contributed by atoms with van der Waals surface area (Å²) >= 11 is 0. The number of nitrogens with two attached hydrogens (primary N) is 1.